The third-order valence-corrected chi connectivity index (χ3v) is 4.54. The number of rotatable bonds is 3. The number of aromatic nitrogens is 1. The highest BCUT2D eigenvalue weighted by molar-refractivity contribution is 14.1. The van der Waals surface area contributed by atoms with Gasteiger partial charge in [-0.1, -0.05) is 6.07 Å². The van der Waals surface area contributed by atoms with Crippen molar-refractivity contribution < 1.29 is 19.1 Å². The van der Waals surface area contributed by atoms with E-state index in [2.05, 4.69) is 22.6 Å². The normalized spacial score (nSPS) is 17.6. The Morgan fingerprint density at radius 3 is 2.88 bits per heavy atom. The van der Waals surface area contributed by atoms with Gasteiger partial charge < -0.3 is 18.9 Å². The molecule has 0 radical (unpaired) electrons. The number of carbonyl (C=O) groups is 2. The monoisotopic (exact) mass is 440 g/mol. The van der Waals surface area contributed by atoms with Crippen LogP contribution in [0.2, 0.25) is 0 Å². The molecule has 2 aromatic rings. The molecule has 1 saturated heterocycles. The molecule has 6 nitrogen and oxygen atoms in total. The first-order valence-corrected chi connectivity index (χ1v) is 8.60. The van der Waals surface area contributed by atoms with Gasteiger partial charge in [0.15, 0.2) is 6.10 Å². The fraction of sp³-hybridized carbons (Fsp3) is 0.294. The highest BCUT2D eigenvalue weighted by atomic mass is 127. The van der Waals surface area contributed by atoms with E-state index in [-0.39, 0.29) is 12.5 Å². The Labute approximate surface area is 153 Å². The number of carbonyl (C=O) groups excluding carboxylic acids is 2. The fourth-order valence-electron chi connectivity index (χ4n) is 2.68. The second-order valence-electron chi connectivity index (χ2n) is 5.38. The van der Waals surface area contributed by atoms with Crippen LogP contribution in [0.4, 0.5) is 0 Å². The molecular weight excluding hydrogens is 423 g/mol. The Hall–Kier alpha value is -1.87. The number of ether oxygens (including phenoxy) is 2. The third-order valence-electron chi connectivity index (χ3n) is 3.87. The first-order chi connectivity index (χ1) is 11.6. The molecule has 1 fully saturated rings. The molecule has 0 N–H and O–H groups in total. The van der Waals surface area contributed by atoms with E-state index >= 15 is 0 Å². The minimum Gasteiger partial charge on any atom is -0.467 e. The summed E-state index contributed by atoms with van der Waals surface area (Å²) in [6.07, 6.45) is 1.13. The summed E-state index contributed by atoms with van der Waals surface area (Å²) in [4.78, 5) is 26.2. The van der Waals surface area contributed by atoms with Crippen LogP contribution in [0.15, 0.2) is 42.6 Å². The maximum atomic E-state index is 12.9. The Bertz CT molecular complexity index is 759. The molecule has 1 aromatic heterocycles. The van der Waals surface area contributed by atoms with Gasteiger partial charge in [-0.3, -0.25) is 4.79 Å². The Kier molecular flexibility index (Phi) is 5.20. The van der Waals surface area contributed by atoms with E-state index in [1.54, 1.807) is 11.0 Å². The number of esters is 1. The van der Waals surface area contributed by atoms with Gasteiger partial charge in [-0.15, -0.1) is 0 Å². The summed E-state index contributed by atoms with van der Waals surface area (Å²) >= 11 is 2.24. The van der Waals surface area contributed by atoms with Crippen molar-refractivity contribution in [3.63, 3.8) is 0 Å². The lowest BCUT2D eigenvalue weighted by Gasteiger charge is -2.31. The number of nitrogens with zero attached hydrogens (tertiary/aromatic N) is 2. The summed E-state index contributed by atoms with van der Waals surface area (Å²) in [5, 5.41) is 0. The molecule has 0 spiro atoms. The summed E-state index contributed by atoms with van der Waals surface area (Å²) in [6, 6.07) is 11.5. The number of hydrogen-bond acceptors (Lipinski definition) is 4. The van der Waals surface area contributed by atoms with Crippen LogP contribution in [0.1, 0.15) is 10.5 Å². The van der Waals surface area contributed by atoms with Crippen LogP contribution < -0.4 is 0 Å². The lowest BCUT2D eigenvalue weighted by molar-refractivity contribution is -0.158. The van der Waals surface area contributed by atoms with E-state index in [0.717, 1.165) is 9.26 Å². The van der Waals surface area contributed by atoms with Crippen molar-refractivity contribution >= 4 is 34.5 Å². The van der Waals surface area contributed by atoms with Crippen LogP contribution >= 0.6 is 22.6 Å². The quantitative estimate of drug-likeness (QED) is 0.542. The van der Waals surface area contributed by atoms with E-state index in [0.29, 0.717) is 18.8 Å². The highest BCUT2D eigenvalue weighted by Gasteiger charge is 2.31. The zero-order valence-electron chi connectivity index (χ0n) is 13.1. The van der Waals surface area contributed by atoms with E-state index in [1.807, 2.05) is 41.1 Å². The predicted octanol–water partition coefficient (Wildman–Crippen LogP) is 2.10. The molecule has 0 aliphatic carbocycles. The molecule has 2 heterocycles. The zero-order valence-corrected chi connectivity index (χ0v) is 15.3. The van der Waals surface area contributed by atoms with Crippen LogP contribution in [0.25, 0.3) is 5.69 Å². The average Bonchev–Trinajstić information content (AvgIpc) is 3.10. The van der Waals surface area contributed by atoms with E-state index in [9.17, 15) is 9.59 Å². The molecule has 24 heavy (non-hydrogen) atoms. The van der Waals surface area contributed by atoms with Crippen molar-refractivity contribution in [2.45, 2.75) is 6.10 Å². The summed E-state index contributed by atoms with van der Waals surface area (Å²) in [7, 11) is 1.31. The van der Waals surface area contributed by atoms with E-state index < -0.39 is 12.1 Å². The van der Waals surface area contributed by atoms with Gasteiger partial charge in [0.25, 0.3) is 5.91 Å². The summed E-state index contributed by atoms with van der Waals surface area (Å²) < 4.78 is 13.0. The van der Waals surface area contributed by atoms with Gasteiger partial charge in [-0.25, -0.2) is 4.79 Å². The van der Waals surface area contributed by atoms with Crippen LogP contribution in [0.5, 0.6) is 0 Å². The molecule has 1 aliphatic heterocycles. The van der Waals surface area contributed by atoms with Gasteiger partial charge in [0.1, 0.15) is 5.69 Å². The van der Waals surface area contributed by atoms with Gasteiger partial charge >= 0.3 is 5.97 Å². The summed E-state index contributed by atoms with van der Waals surface area (Å²) in [5.41, 5.74) is 1.48. The molecule has 0 bridgehead atoms. The minimum atomic E-state index is -0.728. The Morgan fingerprint density at radius 1 is 1.29 bits per heavy atom. The maximum absolute atomic E-state index is 12.9. The van der Waals surface area contributed by atoms with Crippen molar-refractivity contribution in [1.29, 1.82) is 0 Å². The number of morpholine rings is 1. The summed E-state index contributed by atoms with van der Waals surface area (Å²) in [6.45, 7) is 0.961. The maximum Gasteiger partial charge on any atom is 0.336 e. The standard InChI is InChI=1S/C17H17IN2O4/c1-23-17(22)15-11-19(8-9-24-15)16(21)14-6-3-7-20(14)13-5-2-4-12(18)10-13/h2-7,10,15H,8-9,11H2,1H3. The number of methoxy groups -OCH3 is 1. The Balaban J connectivity index is 1.84. The van der Waals surface area contributed by atoms with E-state index in [4.69, 9.17) is 9.47 Å². The molecule has 1 aliphatic rings. The predicted molar refractivity (Wildman–Crippen MR) is 96.1 cm³/mol. The molecule has 1 unspecified atom stereocenters. The number of amides is 1. The van der Waals surface area contributed by atoms with Gasteiger partial charge in [0.05, 0.1) is 20.3 Å². The van der Waals surface area contributed by atoms with Crippen LogP contribution in [0.3, 0.4) is 0 Å². The van der Waals surface area contributed by atoms with Gasteiger partial charge in [-0.2, -0.15) is 0 Å². The molecule has 1 atom stereocenters. The first kappa shape index (κ1) is 17.0. The van der Waals surface area contributed by atoms with Crippen LogP contribution in [-0.4, -0.2) is 54.3 Å². The molecule has 1 amide bonds. The second kappa shape index (κ2) is 7.35. The smallest absolute Gasteiger partial charge is 0.336 e. The third kappa shape index (κ3) is 3.46. The Morgan fingerprint density at radius 2 is 2.12 bits per heavy atom. The van der Waals surface area contributed by atoms with Gasteiger partial charge in [0.2, 0.25) is 0 Å². The van der Waals surface area contributed by atoms with Crippen molar-refractivity contribution in [2.24, 2.45) is 0 Å². The van der Waals surface area contributed by atoms with Crippen molar-refractivity contribution in [1.82, 2.24) is 9.47 Å². The SMILES string of the molecule is COC(=O)C1CN(C(=O)c2cccn2-c2cccc(I)c2)CCO1. The lowest BCUT2D eigenvalue weighted by atomic mass is 10.2. The van der Waals surface area contributed by atoms with Gasteiger partial charge in [-0.05, 0) is 52.9 Å². The number of benzene rings is 1. The average molecular weight is 440 g/mol. The lowest BCUT2D eigenvalue weighted by Crippen LogP contribution is -2.49. The van der Waals surface area contributed by atoms with Gasteiger partial charge in [0, 0.05) is 22.0 Å². The van der Waals surface area contributed by atoms with E-state index in [1.165, 1.54) is 7.11 Å². The first-order valence-electron chi connectivity index (χ1n) is 7.52. The topological polar surface area (TPSA) is 60.8 Å². The fourth-order valence-corrected chi connectivity index (χ4v) is 3.20. The molecule has 126 valence electrons. The molecule has 3 rings (SSSR count). The molecular formula is C17H17IN2O4. The summed E-state index contributed by atoms with van der Waals surface area (Å²) in [5.74, 6) is -0.587. The highest BCUT2D eigenvalue weighted by Crippen LogP contribution is 2.18. The zero-order chi connectivity index (χ0) is 17.1. The molecule has 1 aromatic carbocycles. The van der Waals surface area contributed by atoms with Crippen LogP contribution in [0, 0.1) is 3.57 Å². The second-order valence-corrected chi connectivity index (χ2v) is 6.62. The van der Waals surface area contributed by atoms with Crippen molar-refractivity contribution in [3.8, 4) is 5.69 Å². The van der Waals surface area contributed by atoms with Crippen molar-refractivity contribution in [3.05, 3.63) is 51.9 Å². The molecule has 7 heteroatoms. The molecule has 0 saturated carbocycles. The van der Waals surface area contributed by atoms with Crippen LogP contribution in [-0.2, 0) is 14.3 Å². The largest absolute Gasteiger partial charge is 0.467 e. The number of halogens is 1. The number of hydrogen-bond donors (Lipinski definition) is 0. The van der Waals surface area contributed by atoms with Crippen molar-refractivity contribution in [2.75, 3.05) is 26.8 Å². The minimum absolute atomic E-state index is 0.129.